The van der Waals surface area contributed by atoms with Crippen LogP contribution in [0.3, 0.4) is 0 Å². The molecule has 16 heavy (non-hydrogen) atoms. The van der Waals surface area contributed by atoms with Gasteiger partial charge in [-0.1, -0.05) is 0 Å². The summed E-state index contributed by atoms with van der Waals surface area (Å²) in [6.07, 6.45) is 1.60. The molecule has 92 valence electrons. The van der Waals surface area contributed by atoms with Gasteiger partial charge in [-0.05, 0) is 26.7 Å². The van der Waals surface area contributed by atoms with E-state index in [4.69, 9.17) is 10.5 Å². The second kappa shape index (κ2) is 5.84. The van der Waals surface area contributed by atoms with Gasteiger partial charge in [0.05, 0.1) is 5.92 Å². The number of nitrogens with two attached hydrogens (primary N) is 1. The molecule has 0 bridgehead atoms. The maximum Gasteiger partial charge on any atom is 0.248 e. The van der Waals surface area contributed by atoms with Gasteiger partial charge in [-0.25, -0.2) is 0 Å². The topological polar surface area (TPSA) is 72.6 Å². The van der Waals surface area contributed by atoms with E-state index in [-0.39, 0.29) is 30.4 Å². The molecule has 2 atom stereocenters. The van der Waals surface area contributed by atoms with Crippen molar-refractivity contribution in [3.63, 3.8) is 0 Å². The molecule has 0 aliphatic carbocycles. The summed E-state index contributed by atoms with van der Waals surface area (Å²) in [4.78, 5) is 24.6. The van der Waals surface area contributed by atoms with Crippen molar-refractivity contribution >= 4 is 11.8 Å². The molecule has 0 radical (unpaired) electrons. The lowest BCUT2D eigenvalue weighted by atomic mass is 9.93. The Morgan fingerprint density at radius 3 is 2.69 bits per heavy atom. The molecule has 5 nitrogen and oxygen atoms in total. The lowest BCUT2D eigenvalue weighted by Gasteiger charge is -2.36. The first-order valence-corrected chi connectivity index (χ1v) is 5.72. The van der Waals surface area contributed by atoms with E-state index in [0.717, 1.165) is 12.8 Å². The number of amides is 2. The Hall–Kier alpha value is -1.10. The van der Waals surface area contributed by atoms with Gasteiger partial charge in [0.15, 0.2) is 0 Å². The Morgan fingerprint density at radius 1 is 1.44 bits per heavy atom. The van der Waals surface area contributed by atoms with Gasteiger partial charge < -0.3 is 15.4 Å². The standard InChI is InChI=1S/C11H20N2O3/c1-3-16-7-10(14)13-6-9(11(12)15)5-4-8(13)2/h8-9H,3-7H2,1-2H3,(H2,12,15). The monoisotopic (exact) mass is 228 g/mol. The summed E-state index contributed by atoms with van der Waals surface area (Å²) >= 11 is 0. The number of carbonyl (C=O) groups is 2. The number of piperidine rings is 1. The largest absolute Gasteiger partial charge is 0.372 e. The molecule has 2 N–H and O–H groups in total. The summed E-state index contributed by atoms with van der Waals surface area (Å²) in [5.41, 5.74) is 5.27. The van der Waals surface area contributed by atoms with Crippen molar-refractivity contribution in [3.05, 3.63) is 0 Å². The van der Waals surface area contributed by atoms with Crippen LogP contribution < -0.4 is 5.73 Å². The molecule has 0 spiro atoms. The maximum atomic E-state index is 11.8. The number of rotatable bonds is 4. The highest BCUT2D eigenvalue weighted by atomic mass is 16.5. The van der Waals surface area contributed by atoms with Crippen LogP contribution in [0.25, 0.3) is 0 Å². The molecule has 0 aromatic carbocycles. The Balaban J connectivity index is 2.55. The van der Waals surface area contributed by atoms with E-state index in [9.17, 15) is 9.59 Å². The molecule has 1 rings (SSSR count). The fraction of sp³-hybridized carbons (Fsp3) is 0.818. The average molecular weight is 228 g/mol. The summed E-state index contributed by atoms with van der Waals surface area (Å²) in [5.74, 6) is -0.580. The Kier molecular flexibility index (Phi) is 4.73. The number of carbonyl (C=O) groups excluding carboxylic acids is 2. The molecule has 1 heterocycles. The number of hydrogen-bond acceptors (Lipinski definition) is 3. The van der Waals surface area contributed by atoms with Gasteiger partial charge >= 0.3 is 0 Å². The van der Waals surface area contributed by atoms with Crippen molar-refractivity contribution in [1.82, 2.24) is 4.90 Å². The third-order valence-corrected chi connectivity index (χ3v) is 3.03. The van der Waals surface area contributed by atoms with E-state index in [1.54, 1.807) is 4.90 Å². The van der Waals surface area contributed by atoms with Crippen LogP contribution in [0.5, 0.6) is 0 Å². The van der Waals surface area contributed by atoms with Crippen LogP contribution in [0.4, 0.5) is 0 Å². The molecule has 1 aliphatic heterocycles. The third kappa shape index (κ3) is 3.20. The smallest absolute Gasteiger partial charge is 0.248 e. The summed E-state index contributed by atoms with van der Waals surface area (Å²) in [7, 11) is 0. The maximum absolute atomic E-state index is 11.8. The molecule has 1 saturated heterocycles. The molecular formula is C11H20N2O3. The number of primary amides is 1. The first-order chi connectivity index (χ1) is 7.56. The number of hydrogen-bond donors (Lipinski definition) is 1. The van der Waals surface area contributed by atoms with E-state index < -0.39 is 0 Å². The normalized spacial score (nSPS) is 25.5. The van der Waals surface area contributed by atoms with Crippen LogP contribution >= 0.6 is 0 Å². The van der Waals surface area contributed by atoms with Crippen molar-refractivity contribution in [2.45, 2.75) is 32.7 Å². The van der Waals surface area contributed by atoms with Gasteiger partial charge in [0.25, 0.3) is 0 Å². The predicted octanol–water partition coefficient (Wildman–Crippen LogP) is 0.135. The molecule has 2 amide bonds. The molecular weight excluding hydrogens is 208 g/mol. The Morgan fingerprint density at radius 2 is 2.12 bits per heavy atom. The van der Waals surface area contributed by atoms with Gasteiger partial charge in [-0.3, -0.25) is 9.59 Å². The summed E-state index contributed by atoms with van der Waals surface area (Å²) < 4.78 is 5.09. The van der Waals surface area contributed by atoms with Gasteiger partial charge in [0.2, 0.25) is 11.8 Å². The van der Waals surface area contributed by atoms with Gasteiger partial charge in [0, 0.05) is 19.2 Å². The Labute approximate surface area is 95.9 Å². The van der Waals surface area contributed by atoms with E-state index in [2.05, 4.69) is 0 Å². The number of ether oxygens (including phenoxy) is 1. The van der Waals surface area contributed by atoms with Crippen LogP contribution in [0.15, 0.2) is 0 Å². The van der Waals surface area contributed by atoms with E-state index >= 15 is 0 Å². The minimum absolute atomic E-state index is 0.0553. The van der Waals surface area contributed by atoms with Crippen LogP contribution in [-0.4, -0.2) is 42.5 Å². The van der Waals surface area contributed by atoms with E-state index in [1.807, 2.05) is 13.8 Å². The summed E-state index contributed by atoms with van der Waals surface area (Å²) in [5, 5.41) is 0. The molecule has 5 heteroatoms. The highest BCUT2D eigenvalue weighted by Crippen LogP contribution is 2.21. The summed E-state index contributed by atoms with van der Waals surface area (Å²) in [6, 6.07) is 0.170. The van der Waals surface area contributed by atoms with Crippen LogP contribution in [0.1, 0.15) is 26.7 Å². The highest BCUT2D eigenvalue weighted by molar-refractivity contribution is 5.81. The first-order valence-electron chi connectivity index (χ1n) is 5.72. The zero-order chi connectivity index (χ0) is 12.1. The highest BCUT2D eigenvalue weighted by Gasteiger charge is 2.31. The van der Waals surface area contributed by atoms with Crippen molar-refractivity contribution in [3.8, 4) is 0 Å². The fourth-order valence-corrected chi connectivity index (χ4v) is 1.96. The van der Waals surface area contributed by atoms with Crippen molar-refractivity contribution in [2.24, 2.45) is 11.7 Å². The lowest BCUT2D eigenvalue weighted by molar-refractivity contribution is -0.141. The van der Waals surface area contributed by atoms with Crippen LogP contribution in [0.2, 0.25) is 0 Å². The second-order valence-electron chi connectivity index (χ2n) is 4.21. The van der Waals surface area contributed by atoms with Gasteiger partial charge in [-0.2, -0.15) is 0 Å². The van der Waals surface area contributed by atoms with Gasteiger partial charge in [-0.15, -0.1) is 0 Å². The molecule has 0 aromatic heterocycles. The van der Waals surface area contributed by atoms with E-state index in [1.165, 1.54) is 0 Å². The number of nitrogens with zero attached hydrogens (tertiary/aromatic N) is 1. The third-order valence-electron chi connectivity index (χ3n) is 3.03. The lowest BCUT2D eigenvalue weighted by Crippen LogP contribution is -2.49. The molecule has 0 aromatic rings. The minimum atomic E-state index is -0.318. The van der Waals surface area contributed by atoms with Crippen molar-refractivity contribution < 1.29 is 14.3 Å². The SMILES string of the molecule is CCOCC(=O)N1CC(C(N)=O)CCC1C. The second-order valence-corrected chi connectivity index (χ2v) is 4.21. The zero-order valence-electron chi connectivity index (χ0n) is 9.94. The molecule has 1 aliphatic rings. The fourth-order valence-electron chi connectivity index (χ4n) is 1.96. The zero-order valence-corrected chi connectivity index (χ0v) is 9.94. The van der Waals surface area contributed by atoms with Crippen molar-refractivity contribution in [1.29, 1.82) is 0 Å². The van der Waals surface area contributed by atoms with E-state index in [0.29, 0.717) is 13.2 Å². The van der Waals surface area contributed by atoms with Crippen LogP contribution in [0, 0.1) is 5.92 Å². The molecule has 2 unspecified atom stereocenters. The number of likely N-dealkylation sites (tertiary alicyclic amines) is 1. The van der Waals surface area contributed by atoms with Crippen LogP contribution in [-0.2, 0) is 14.3 Å². The summed E-state index contributed by atoms with van der Waals surface area (Å²) in [6.45, 7) is 4.88. The molecule has 1 fully saturated rings. The minimum Gasteiger partial charge on any atom is -0.372 e. The average Bonchev–Trinajstić information content (AvgIpc) is 2.26. The predicted molar refractivity (Wildman–Crippen MR) is 59.6 cm³/mol. The van der Waals surface area contributed by atoms with Gasteiger partial charge in [0.1, 0.15) is 6.61 Å². The quantitative estimate of drug-likeness (QED) is 0.743. The first kappa shape index (κ1) is 13.0. The van der Waals surface area contributed by atoms with Crippen molar-refractivity contribution in [2.75, 3.05) is 19.8 Å². The Bertz CT molecular complexity index is 268. The molecule has 0 saturated carbocycles.